The van der Waals surface area contributed by atoms with Gasteiger partial charge in [0, 0.05) is 12.0 Å². The molecule has 98 valence electrons. The molecule has 18 heavy (non-hydrogen) atoms. The van der Waals surface area contributed by atoms with E-state index in [1.54, 1.807) is 26.0 Å². The van der Waals surface area contributed by atoms with E-state index in [2.05, 4.69) is 0 Å². The van der Waals surface area contributed by atoms with Crippen LogP contribution in [0, 0.1) is 5.41 Å². The Balaban J connectivity index is 2.82. The Hall–Kier alpha value is -1.06. The first-order valence-electron chi connectivity index (χ1n) is 5.41. The summed E-state index contributed by atoms with van der Waals surface area (Å²) in [6.07, 6.45) is 0.0946. The number of Topliss-reactive ketones (excluding diaryl/α,β-unsaturated/α-hetero) is 1. The second kappa shape index (κ2) is 5.72. The van der Waals surface area contributed by atoms with E-state index < -0.39 is 11.4 Å². The molecule has 0 saturated heterocycles. The summed E-state index contributed by atoms with van der Waals surface area (Å²) >= 11 is 11.6. The third-order valence-electron chi connectivity index (χ3n) is 2.51. The molecule has 1 aromatic carbocycles. The maximum atomic E-state index is 12.0. The molecule has 0 radical (unpaired) electrons. The number of halogens is 2. The summed E-state index contributed by atoms with van der Waals surface area (Å²) < 4.78 is 0. The normalized spacial score (nSPS) is 11.3. The SMILES string of the molecule is CC(C)(CC(=O)O)CC(=O)c1ccc(Cl)c(Cl)c1. The molecule has 0 aliphatic rings. The van der Waals surface area contributed by atoms with Gasteiger partial charge in [-0.15, -0.1) is 0 Å². The lowest BCUT2D eigenvalue weighted by molar-refractivity contribution is -0.139. The molecule has 1 rings (SSSR count). The minimum atomic E-state index is -0.915. The van der Waals surface area contributed by atoms with Gasteiger partial charge in [0.15, 0.2) is 5.78 Å². The third kappa shape index (κ3) is 4.31. The Morgan fingerprint density at radius 2 is 1.78 bits per heavy atom. The first kappa shape index (κ1) is 15.0. The van der Waals surface area contributed by atoms with Crippen molar-refractivity contribution in [2.75, 3.05) is 0 Å². The van der Waals surface area contributed by atoms with Gasteiger partial charge in [0.2, 0.25) is 0 Å². The van der Waals surface area contributed by atoms with Crippen molar-refractivity contribution in [2.45, 2.75) is 26.7 Å². The Morgan fingerprint density at radius 3 is 2.28 bits per heavy atom. The lowest BCUT2D eigenvalue weighted by Crippen LogP contribution is -2.21. The van der Waals surface area contributed by atoms with Gasteiger partial charge in [-0.05, 0) is 23.6 Å². The Labute approximate surface area is 116 Å². The third-order valence-corrected chi connectivity index (χ3v) is 3.25. The number of benzene rings is 1. The number of carbonyl (C=O) groups excluding carboxylic acids is 1. The van der Waals surface area contributed by atoms with Crippen molar-refractivity contribution >= 4 is 35.0 Å². The summed E-state index contributed by atoms with van der Waals surface area (Å²) in [6.45, 7) is 3.49. The summed E-state index contributed by atoms with van der Waals surface area (Å²) in [4.78, 5) is 22.7. The second-order valence-electron chi connectivity index (χ2n) is 4.96. The Morgan fingerprint density at radius 1 is 1.17 bits per heavy atom. The zero-order chi connectivity index (χ0) is 13.9. The number of hydrogen-bond acceptors (Lipinski definition) is 2. The van der Waals surface area contributed by atoms with E-state index in [4.69, 9.17) is 28.3 Å². The average Bonchev–Trinajstić information content (AvgIpc) is 2.19. The van der Waals surface area contributed by atoms with Crippen molar-refractivity contribution in [3.8, 4) is 0 Å². The summed E-state index contributed by atoms with van der Waals surface area (Å²) in [7, 11) is 0. The van der Waals surface area contributed by atoms with E-state index in [9.17, 15) is 9.59 Å². The highest BCUT2D eigenvalue weighted by Crippen LogP contribution is 2.29. The first-order valence-corrected chi connectivity index (χ1v) is 6.17. The minimum absolute atomic E-state index is 0.0555. The maximum absolute atomic E-state index is 12.0. The summed E-state index contributed by atoms with van der Waals surface area (Å²) in [5.41, 5.74) is -0.141. The molecule has 3 nitrogen and oxygen atoms in total. The maximum Gasteiger partial charge on any atom is 0.303 e. The molecule has 0 amide bonds. The molecule has 0 fully saturated rings. The molecule has 1 aromatic rings. The van der Waals surface area contributed by atoms with Crippen LogP contribution in [-0.2, 0) is 4.79 Å². The van der Waals surface area contributed by atoms with Gasteiger partial charge >= 0.3 is 5.97 Å². The van der Waals surface area contributed by atoms with E-state index in [1.807, 2.05) is 0 Å². The molecule has 5 heteroatoms. The van der Waals surface area contributed by atoms with Crippen LogP contribution in [0.3, 0.4) is 0 Å². The second-order valence-corrected chi connectivity index (χ2v) is 5.78. The quantitative estimate of drug-likeness (QED) is 0.831. The molecule has 0 aliphatic carbocycles. The van der Waals surface area contributed by atoms with Gasteiger partial charge in [-0.1, -0.05) is 37.0 Å². The largest absolute Gasteiger partial charge is 0.481 e. The topological polar surface area (TPSA) is 54.4 Å². The van der Waals surface area contributed by atoms with Crippen molar-refractivity contribution in [2.24, 2.45) is 5.41 Å². The number of carboxylic acid groups (broad SMARTS) is 1. The van der Waals surface area contributed by atoms with E-state index in [0.717, 1.165) is 0 Å². The zero-order valence-corrected chi connectivity index (χ0v) is 11.7. The van der Waals surface area contributed by atoms with Crippen molar-refractivity contribution in [3.05, 3.63) is 33.8 Å². The molecule has 1 N–H and O–H groups in total. The average molecular weight is 289 g/mol. The van der Waals surface area contributed by atoms with Crippen LogP contribution in [0.15, 0.2) is 18.2 Å². The van der Waals surface area contributed by atoms with Crippen molar-refractivity contribution in [3.63, 3.8) is 0 Å². The van der Waals surface area contributed by atoms with Gasteiger partial charge in [-0.2, -0.15) is 0 Å². The van der Waals surface area contributed by atoms with Crippen molar-refractivity contribution < 1.29 is 14.7 Å². The predicted molar refractivity (Wildman–Crippen MR) is 71.4 cm³/mol. The zero-order valence-electron chi connectivity index (χ0n) is 10.2. The summed E-state index contributed by atoms with van der Waals surface area (Å²) in [6, 6.07) is 4.65. The van der Waals surface area contributed by atoms with Crippen LogP contribution in [0.2, 0.25) is 10.0 Å². The summed E-state index contributed by atoms with van der Waals surface area (Å²) in [5, 5.41) is 9.47. The van der Waals surface area contributed by atoms with Gasteiger partial charge in [-0.3, -0.25) is 9.59 Å². The van der Waals surface area contributed by atoms with Crippen LogP contribution in [-0.4, -0.2) is 16.9 Å². The highest BCUT2D eigenvalue weighted by Gasteiger charge is 2.25. The molecule has 0 unspecified atom stereocenters. The molecular weight excluding hydrogens is 275 g/mol. The van der Waals surface area contributed by atoms with Gasteiger partial charge in [0.05, 0.1) is 16.5 Å². The summed E-state index contributed by atoms with van der Waals surface area (Å²) in [5.74, 6) is -1.05. The number of ketones is 1. The number of aliphatic carboxylic acids is 1. The Kier molecular flexibility index (Phi) is 4.77. The van der Waals surface area contributed by atoms with Crippen LogP contribution >= 0.6 is 23.2 Å². The van der Waals surface area contributed by atoms with E-state index in [0.29, 0.717) is 15.6 Å². The Bertz CT molecular complexity index is 481. The van der Waals surface area contributed by atoms with Crippen LogP contribution in [0.4, 0.5) is 0 Å². The highest BCUT2D eigenvalue weighted by atomic mass is 35.5. The molecule has 0 saturated carbocycles. The molecule has 0 bridgehead atoms. The van der Waals surface area contributed by atoms with E-state index >= 15 is 0 Å². The molecular formula is C13H14Cl2O3. The molecule has 0 heterocycles. The van der Waals surface area contributed by atoms with Crippen LogP contribution < -0.4 is 0 Å². The van der Waals surface area contributed by atoms with Gasteiger partial charge in [0.1, 0.15) is 0 Å². The minimum Gasteiger partial charge on any atom is -0.481 e. The first-order chi connectivity index (χ1) is 8.21. The molecule has 0 aliphatic heterocycles. The fourth-order valence-electron chi connectivity index (χ4n) is 1.68. The van der Waals surface area contributed by atoms with Gasteiger partial charge in [0.25, 0.3) is 0 Å². The van der Waals surface area contributed by atoms with Crippen molar-refractivity contribution in [1.82, 2.24) is 0 Å². The van der Waals surface area contributed by atoms with E-state index in [-0.39, 0.29) is 18.6 Å². The van der Waals surface area contributed by atoms with Crippen LogP contribution in [0.1, 0.15) is 37.0 Å². The smallest absolute Gasteiger partial charge is 0.303 e. The van der Waals surface area contributed by atoms with Crippen molar-refractivity contribution in [1.29, 1.82) is 0 Å². The van der Waals surface area contributed by atoms with Crippen LogP contribution in [0.5, 0.6) is 0 Å². The molecule has 0 spiro atoms. The fourth-order valence-corrected chi connectivity index (χ4v) is 1.98. The van der Waals surface area contributed by atoms with E-state index in [1.165, 1.54) is 6.07 Å². The lowest BCUT2D eigenvalue weighted by atomic mass is 9.82. The number of carboxylic acids is 1. The van der Waals surface area contributed by atoms with Crippen LogP contribution in [0.25, 0.3) is 0 Å². The lowest BCUT2D eigenvalue weighted by Gasteiger charge is -2.21. The predicted octanol–water partition coefficient (Wildman–Crippen LogP) is 4.07. The van der Waals surface area contributed by atoms with Gasteiger partial charge in [-0.25, -0.2) is 0 Å². The molecule has 0 atom stereocenters. The fraction of sp³-hybridized carbons (Fsp3) is 0.385. The number of carbonyl (C=O) groups is 2. The van der Waals surface area contributed by atoms with Gasteiger partial charge < -0.3 is 5.11 Å². The number of hydrogen-bond donors (Lipinski definition) is 1. The number of rotatable bonds is 5. The monoisotopic (exact) mass is 288 g/mol. The standard InChI is InChI=1S/C13H14Cl2O3/c1-13(2,7-12(17)18)6-11(16)8-3-4-9(14)10(15)5-8/h3-5H,6-7H2,1-2H3,(H,17,18). The highest BCUT2D eigenvalue weighted by molar-refractivity contribution is 6.42. The molecule has 0 aromatic heterocycles.